The van der Waals surface area contributed by atoms with E-state index in [4.69, 9.17) is 14.0 Å². The summed E-state index contributed by atoms with van der Waals surface area (Å²) in [5.41, 5.74) is 0.864. The van der Waals surface area contributed by atoms with Crippen molar-refractivity contribution in [1.82, 2.24) is 15.4 Å². The highest BCUT2D eigenvalue weighted by Crippen LogP contribution is 2.02. The second-order valence-electron chi connectivity index (χ2n) is 4.34. The van der Waals surface area contributed by atoms with E-state index in [-0.39, 0.29) is 30.1 Å². The van der Waals surface area contributed by atoms with Crippen molar-refractivity contribution in [3.8, 4) is 0 Å². The molecule has 1 saturated heterocycles. The zero-order chi connectivity index (χ0) is 13.5. The van der Waals surface area contributed by atoms with Crippen LogP contribution in [0, 0.1) is 0 Å². The van der Waals surface area contributed by atoms with E-state index >= 15 is 0 Å². The van der Waals surface area contributed by atoms with E-state index in [2.05, 4.69) is 15.5 Å². The average Bonchev–Trinajstić information content (AvgIpc) is 2.93. The highest BCUT2D eigenvalue weighted by Gasteiger charge is 2.16. The van der Waals surface area contributed by atoms with Gasteiger partial charge < -0.3 is 24.2 Å². The van der Waals surface area contributed by atoms with Gasteiger partial charge in [-0.15, -0.1) is 24.0 Å². The first-order valence-electron chi connectivity index (χ1n) is 6.30. The van der Waals surface area contributed by atoms with Crippen molar-refractivity contribution in [2.75, 3.05) is 40.5 Å². The van der Waals surface area contributed by atoms with Gasteiger partial charge >= 0.3 is 0 Å². The maximum absolute atomic E-state index is 5.57. The predicted molar refractivity (Wildman–Crippen MR) is 85.3 cm³/mol. The van der Waals surface area contributed by atoms with Crippen LogP contribution >= 0.6 is 24.0 Å². The number of rotatable bonds is 4. The molecule has 8 heteroatoms. The minimum atomic E-state index is 0. The smallest absolute Gasteiger partial charge is 0.193 e. The molecule has 1 fully saturated rings. The van der Waals surface area contributed by atoms with Gasteiger partial charge in [0.1, 0.15) is 12.0 Å². The lowest BCUT2D eigenvalue weighted by molar-refractivity contribution is -0.0851. The zero-order valence-electron chi connectivity index (χ0n) is 11.7. The quantitative estimate of drug-likeness (QED) is 0.460. The lowest BCUT2D eigenvalue weighted by atomic mass is 10.3. The van der Waals surface area contributed by atoms with Crippen molar-refractivity contribution in [1.29, 1.82) is 0 Å². The van der Waals surface area contributed by atoms with Crippen LogP contribution in [0.4, 0.5) is 0 Å². The number of nitrogens with zero attached hydrogens (tertiary/aromatic N) is 3. The summed E-state index contributed by atoms with van der Waals surface area (Å²) in [4.78, 5) is 6.20. The van der Waals surface area contributed by atoms with E-state index in [1.807, 2.05) is 18.0 Å². The van der Waals surface area contributed by atoms with E-state index in [0.29, 0.717) is 32.9 Å². The summed E-state index contributed by atoms with van der Waals surface area (Å²) in [6, 6.07) is 1.84. The molecule has 0 spiro atoms. The monoisotopic (exact) mass is 396 g/mol. The van der Waals surface area contributed by atoms with Gasteiger partial charge in [-0.05, 0) is 0 Å². The third-order valence-electron chi connectivity index (χ3n) is 2.84. The van der Waals surface area contributed by atoms with Gasteiger partial charge in [0.25, 0.3) is 0 Å². The van der Waals surface area contributed by atoms with Crippen molar-refractivity contribution in [2.24, 2.45) is 4.99 Å². The number of hydrogen-bond donors (Lipinski definition) is 1. The van der Waals surface area contributed by atoms with E-state index in [1.165, 1.54) is 0 Å². The summed E-state index contributed by atoms with van der Waals surface area (Å²) in [6.45, 7) is 3.27. The molecule has 2 rings (SSSR count). The van der Waals surface area contributed by atoms with Crippen LogP contribution in [0.5, 0.6) is 0 Å². The normalized spacial score (nSPS) is 19.3. The Morgan fingerprint density at radius 1 is 1.55 bits per heavy atom. The van der Waals surface area contributed by atoms with Crippen LogP contribution in [0.15, 0.2) is 21.8 Å². The fourth-order valence-corrected chi connectivity index (χ4v) is 1.88. The number of aromatic nitrogens is 1. The molecule has 0 amide bonds. The van der Waals surface area contributed by atoms with Crippen LogP contribution in [0.2, 0.25) is 0 Å². The van der Waals surface area contributed by atoms with Gasteiger partial charge in [-0.25, -0.2) is 0 Å². The topological polar surface area (TPSA) is 72.1 Å². The minimum Gasteiger partial charge on any atom is -0.376 e. The number of halogens is 1. The third kappa shape index (κ3) is 5.25. The molecule has 1 unspecified atom stereocenters. The Balaban J connectivity index is 0.00000200. The molecule has 1 aromatic rings. The van der Waals surface area contributed by atoms with Crippen molar-refractivity contribution in [2.45, 2.75) is 12.6 Å². The maximum atomic E-state index is 5.57. The Morgan fingerprint density at radius 3 is 3.00 bits per heavy atom. The SMILES string of the molecule is CN=C(NCC1COCCO1)N(C)Cc1ccon1.I. The highest BCUT2D eigenvalue weighted by molar-refractivity contribution is 14.0. The molecule has 0 aliphatic carbocycles. The standard InChI is InChI=1S/C12H20N4O3.HI/c1-13-12(14-7-11-9-17-5-6-18-11)16(2)8-10-3-4-19-15-10;/h3-4,11H,5-9H2,1-2H3,(H,13,14);1H. The first kappa shape index (κ1) is 17.2. The van der Waals surface area contributed by atoms with Crippen molar-refractivity contribution in [3.63, 3.8) is 0 Å². The molecule has 2 heterocycles. The van der Waals surface area contributed by atoms with E-state index in [1.54, 1.807) is 13.3 Å². The summed E-state index contributed by atoms with van der Waals surface area (Å²) in [7, 11) is 3.70. The van der Waals surface area contributed by atoms with Gasteiger partial charge in [0.2, 0.25) is 0 Å². The van der Waals surface area contributed by atoms with Gasteiger partial charge in [0, 0.05) is 26.7 Å². The Morgan fingerprint density at radius 2 is 2.40 bits per heavy atom. The molecule has 1 aromatic heterocycles. The first-order valence-corrected chi connectivity index (χ1v) is 6.30. The number of ether oxygens (including phenoxy) is 2. The van der Waals surface area contributed by atoms with Crippen LogP contribution in [0.1, 0.15) is 5.69 Å². The van der Waals surface area contributed by atoms with Crippen molar-refractivity contribution >= 4 is 29.9 Å². The Kier molecular flexibility index (Phi) is 7.85. The molecule has 1 aliphatic rings. The average molecular weight is 396 g/mol. The van der Waals surface area contributed by atoms with Crippen molar-refractivity contribution in [3.05, 3.63) is 18.0 Å². The van der Waals surface area contributed by atoms with E-state index in [9.17, 15) is 0 Å². The maximum Gasteiger partial charge on any atom is 0.193 e. The number of guanidine groups is 1. The summed E-state index contributed by atoms with van der Waals surface area (Å²) in [5.74, 6) is 0.789. The van der Waals surface area contributed by atoms with Crippen LogP contribution < -0.4 is 5.32 Å². The predicted octanol–water partition coefficient (Wildman–Crippen LogP) is 0.715. The van der Waals surface area contributed by atoms with E-state index in [0.717, 1.165) is 11.7 Å². The highest BCUT2D eigenvalue weighted by atomic mass is 127. The van der Waals surface area contributed by atoms with Crippen LogP contribution in [-0.4, -0.2) is 62.6 Å². The van der Waals surface area contributed by atoms with Gasteiger partial charge in [-0.3, -0.25) is 4.99 Å². The Labute approximate surface area is 135 Å². The first-order chi connectivity index (χ1) is 9.29. The molecular formula is C12H21IN4O3. The number of nitrogens with one attached hydrogen (secondary N) is 1. The summed E-state index contributed by atoms with van der Waals surface area (Å²) >= 11 is 0. The van der Waals surface area contributed by atoms with Gasteiger partial charge in [-0.2, -0.15) is 0 Å². The lowest BCUT2D eigenvalue weighted by Gasteiger charge is -2.26. The van der Waals surface area contributed by atoms with Crippen LogP contribution in [0.3, 0.4) is 0 Å². The Hall–Kier alpha value is -0.870. The fraction of sp³-hybridized carbons (Fsp3) is 0.667. The largest absolute Gasteiger partial charge is 0.376 e. The third-order valence-corrected chi connectivity index (χ3v) is 2.84. The lowest BCUT2D eigenvalue weighted by Crippen LogP contribution is -2.45. The summed E-state index contributed by atoms with van der Waals surface area (Å²) in [5, 5.41) is 7.14. The van der Waals surface area contributed by atoms with Crippen LogP contribution in [0.25, 0.3) is 0 Å². The molecule has 1 atom stereocenters. The molecule has 0 bridgehead atoms. The molecule has 0 saturated carbocycles. The molecule has 1 N–H and O–H groups in total. The van der Waals surface area contributed by atoms with Gasteiger partial charge in [0.15, 0.2) is 5.96 Å². The zero-order valence-corrected chi connectivity index (χ0v) is 14.1. The molecule has 114 valence electrons. The van der Waals surface area contributed by atoms with Crippen LogP contribution in [-0.2, 0) is 16.0 Å². The second kappa shape index (κ2) is 9.14. The van der Waals surface area contributed by atoms with Crippen molar-refractivity contribution < 1.29 is 14.0 Å². The second-order valence-corrected chi connectivity index (χ2v) is 4.34. The molecule has 1 aliphatic heterocycles. The molecular weight excluding hydrogens is 375 g/mol. The Bertz CT molecular complexity index is 393. The number of aliphatic imine (C=N–C) groups is 1. The fourth-order valence-electron chi connectivity index (χ4n) is 1.88. The number of hydrogen-bond acceptors (Lipinski definition) is 5. The molecule has 20 heavy (non-hydrogen) atoms. The molecule has 0 radical (unpaired) electrons. The minimum absolute atomic E-state index is 0. The molecule has 0 aromatic carbocycles. The molecule has 7 nitrogen and oxygen atoms in total. The van der Waals surface area contributed by atoms with E-state index < -0.39 is 0 Å². The summed E-state index contributed by atoms with van der Waals surface area (Å²) in [6.07, 6.45) is 1.64. The summed E-state index contributed by atoms with van der Waals surface area (Å²) < 4.78 is 15.7. The van der Waals surface area contributed by atoms with Gasteiger partial charge in [0.05, 0.1) is 32.5 Å². The van der Waals surface area contributed by atoms with Gasteiger partial charge in [-0.1, -0.05) is 5.16 Å².